The van der Waals surface area contributed by atoms with Crippen LogP contribution in [0.4, 0.5) is 0 Å². The normalized spacial score (nSPS) is 11.5. The van der Waals surface area contributed by atoms with Crippen LogP contribution in [0.15, 0.2) is 72.8 Å². The Morgan fingerprint density at radius 2 is 1.39 bits per heavy atom. The minimum Gasteiger partial charge on any atom is -0.497 e. The predicted octanol–water partition coefficient (Wildman–Crippen LogP) is 5.37. The van der Waals surface area contributed by atoms with Crippen LogP contribution in [0.3, 0.4) is 0 Å². The van der Waals surface area contributed by atoms with Crippen molar-refractivity contribution in [2.45, 2.75) is 19.4 Å². The van der Waals surface area contributed by atoms with E-state index < -0.39 is 0 Å². The monoisotopic (exact) mass is 372 g/mol. The number of methoxy groups -OCH3 is 1. The van der Waals surface area contributed by atoms with Crippen molar-refractivity contribution in [3.63, 3.8) is 0 Å². The van der Waals surface area contributed by atoms with Crippen molar-refractivity contribution >= 4 is 21.8 Å². The van der Waals surface area contributed by atoms with Crippen molar-refractivity contribution in [3.05, 3.63) is 78.4 Å². The van der Waals surface area contributed by atoms with E-state index in [9.17, 15) is 0 Å². The van der Waals surface area contributed by atoms with E-state index in [0.717, 1.165) is 38.2 Å². The highest BCUT2D eigenvalue weighted by Crippen LogP contribution is 2.28. The number of nitrogens with zero attached hydrogens (tertiary/aromatic N) is 2. The molecule has 1 heterocycles. The first-order chi connectivity index (χ1) is 13.8. The molecule has 144 valence electrons. The minimum absolute atomic E-state index is 0.920. The van der Waals surface area contributed by atoms with E-state index in [4.69, 9.17) is 4.74 Å². The fraction of sp³-hybridized carbons (Fsp3) is 0.280. The quantitative estimate of drug-likeness (QED) is 0.414. The molecule has 3 nitrogen and oxygen atoms in total. The maximum Gasteiger partial charge on any atom is 0.118 e. The molecule has 1 aromatic heterocycles. The van der Waals surface area contributed by atoms with Crippen LogP contribution in [0.5, 0.6) is 5.75 Å². The van der Waals surface area contributed by atoms with E-state index in [2.05, 4.69) is 77.2 Å². The molecule has 0 aliphatic rings. The standard InChI is InChI=1S/C25H28N2O/c1-26(19-16-20-12-14-21(28-2)15-13-20)17-7-18-27-24-10-5-3-8-22(24)23-9-4-6-11-25(23)27/h3-6,8-15H,7,16-19H2,1-2H3. The average molecular weight is 373 g/mol. The third-order valence-electron chi connectivity index (χ3n) is 5.54. The summed E-state index contributed by atoms with van der Waals surface area (Å²) in [7, 11) is 3.93. The van der Waals surface area contributed by atoms with Crippen LogP contribution >= 0.6 is 0 Å². The first-order valence-electron chi connectivity index (χ1n) is 10.0. The lowest BCUT2D eigenvalue weighted by molar-refractivity contribution is 0.327. The van der Waals surface area contributed by atoms with Crippen molar-refractivity contribution in [2.24, 2.45) is 0 Å². The summed E-state index contributed by atoms with van der Waals surface area (Å²) in [5.41, 5.74) is 4.03. The zero-order valence-corrected chi connectivity index (χ0v) is 16.8. The number of aromatic nitrogens is 1. The number of para-hydroxylation sites is 2. The highest BCUT2D eigenvalue weighted by Gasteiger charge is 2.09. The summed E-state index contributed by atoms with van der Waals surface area (Å²) in [6, 6.07) is 25.9. The zero-order valence-electron chi connectivity index (χ0n) is 16.8. The summed E-state index contributed by atoms with van der Waals surface area (Å²) in [5.74, 6) is 0.920. The molecule has 28 heavy (non-hydrogen) atoms. The fourth-order valence-corrected chi connectivity index (χ4v) is 3.97. The Kier molecular flexibility index (Phi) is 5.63. The number of rotatable bonds is 8. The van der Waals surface area contributed by atoms with Gasteiger partial charge < -0.3 is 14.2 Å². The molecule has 0 amide bonds. The van der Waals surface area contributed by atoms with Crippen LogP contribution in [0, 0.1) is 0 Å². The molecule has 0 aliphatic carbocycles. The van der Waals surface area contributed by atoms with Crippen LogP contribution in [0.2, 0.25) is 0 Å². The Bertz CT molecular complexity index is 996. The van der Waals surface area contributed by atoms with Crippen LogP contribution in [-0.4, -0.2) is 36.7 Å². The molecule has 3 aromatic carbocycles. The number of benzene rings is 3. The second-order valence-electron chi connectivity index (χ2n) is 7.44. The Labute approximate surface area is 167 Å². The average Bonchev–Trinajstić information content (AvgIpc) is 3.07. The molecule has 4 rings (SSSR count). The topological polar surface area (TPSA) is 17.4 Å². The van der Waals surface area contributed by atoms with E-state index in [1.54, 1.807) is 7.11 Å². The summed E-state index contributed by atoms with van der Waals surface area (Å²) in [4.78, 5) is 2.43. The molecule has 0 bridgehead atoms. The number of hydrogen-bond donors (Lipinski definition) is 0. The Morgan fingerprint density at radius 3 is 2.00 bits per heavy atom. The van der Waals surface area contributed by atoms with E-state index in [0.29, 0.717) is 0 Å². The maximum atomic E-state index is 5.23. The van der Waals surface area contributed by atoms with Crippen molar-refractivity contribution in [2.75, 3.05) is 27.2 Å². The molecule has 0 fully saturated rings. The van der Waals surface area contributed by atoms with Gasteiger partial charge in [-0.1, -0.05) is 48.5 Å². The number of ether oxygens (including phenoxy) is 1. The van der Waals surface area contributed by atoms with Gasteiger partial charge in [0.1, 0.15) is 5.75 Å². The van der Waals surface area contributed by atoms with Crippen LogP contribution in [-0.2, 0) is 13.0 Å². The number of fused-ring (bicyclic) bond motifs is 3. The summed E-state index contributed by atoms with van der Waals surface area (Å²) >= 11 is 0. The molecular weight excluding hydrogens is 344 g/mol. The molecule has 0 aliphatic heterocycles. The first kappa shape index (κ1) is 18.6. The van der Waals surface area contributed by atoms with E-state index in [-0.39, 0.29) is 0 Å². The van der Waals surface area contributed by atoms with Crippen molar-refractivity contribution < 1.29 is 4.74 Å². The van der Waals surface area contributed by atoms with Gasteiger partial charge in [0.25, 0.3) is 0 Å². The lowest BCUT2D eigenvalue weighted by Crippen LogP contribution is -2.23. The fourth-order valence-electron chi connectivity index (χ4n) is 3.97. The van der Waals surface area contributed by atoms with Gasteiger partial charge in [0.15, 0.2) is 0 Å². The summed E-state index contributed by atoms with van der Waals surface area (Å²) in [5, 5.41) is 2.71. The van der Waals surface area contributed by atoms with Gasteiger partial charge in [-0.2, -0.15) is 0 Å². The molecule has 0 N–H and O–H groups in total. The second kappa shape index (κ2) is 8.49. The van der Waals surface area contributed by atoms with E-state index >= 15 is 0 Å². The summed E-state index contributed by atoms with van der Waals surface area (Å²) < 4.78 is 7.71. The first-order valence-corrected chi connectivity index (χ1v) is 10.0. The third kappa shape index (κ3) is 3.90. The maximum absolute atomic E-state index is 5.23. The van der Waals surface area contributed by atoms with Crippen LogP contribution < -0.4 is 4.74 Å². The van der Waals surface area contributed by atoms with Gasteiger partial charge in [-0.15, -0.1) is 0 Å². The van der Waals surface area contributed by atoms with E-state index in [1.807, 2.05) is 12.1 Å². The van der Waals surface area contributed by atoms with Crippen molar-refractivity contribution in [1.29, 1.82) is 0 Å². The molecule has 0 spiro atoms. The summed E-state index contributed by atoms with van der Waals surface area (Å²) in [6.45, 7) is 3.21. The van der Waals surface area contributed by atoms with Crippen molar-refractivity contribution in [3.8, 4) is 5.75 Å². The zero-order chi connectivity index (χ0) is 19.3. The molecule has 0 atom stereocenters. The number of aryl methyl sites for hydroxylation is 1. The number of likely N-dealkylation sites (N-methyl/N-ethyl adjacent to an activating group) is 1. The highest BCUT2D eigenvalue weighted by molar-refractivity contribution is 6.07. The molecule has 0 saturated carbocycles. The van der Waals surface area contributed by atoms with Crippen LogP contribution in [0.25, 0.3) is 21.8 Å². The van der Waals surface area contributed by atoms with Gasteiger partial charge in [0.2, 0.25) is 0 Å². The van der Waals surface area contributed by atoms with Gasteiger partial charge in [-0.25, -0.2) is 0 Å². The predicted molar refractivity (Wildman–Crippen MR) is 118 cm³/mol. The Hall–Kier alpha value is -2.78. The Morgan fingerprint density at radius 1 is 0.786 bits per heavy atom. The van der Waals surface area contributed by atoms with Gasteiger partial charge in [-0.05, 0) is 56.3 Å². The van der Waals surface area contributed by atoms with Gasteiger partial charge >= 0.3 is 0 Å². The molecule has 3 heteroatoms. The highest BCUT2D eigenvalue weighted by atomic mass is 16.5. The second-order valence-corrected chi connectivity index (χ2v) is 7.44. The summed E-state index contributed by atoms with van der Waals surface area (Å²) in [6.07, 6.45) is 2.21. The SMILES string of the molecule is COc1ccc(CCN(C)CCCn2c3ccccc3c3ccccc32)cc1. The number of hydrogen-bond acceptors (Lipinski definition) is 2. The van der Waals surface area contributed by atoms with Gasteiger partial charge in [-0.3, -0.25) is 0 Å². The Balaban J connectivity index is 1.36. The lowest BCUT2D eigenvalue weighted by Gasteiger charge is -2.17. The van der Waals surface area contributed by atoms with Crippen molar-refractivity contribution in [1.82, 2.24) is 9.47 Å². The molecule has 4 aromatic rings. The molecular formula is C25H28N2O. The molecule has 0 radical (unpaired) electrons. The van der Waals surface area contributed by atoms with Crippen LogP contribution in [0.1, 0.15) is 12.0 Å². The minimum atomic E-state index is 0.920. The lowest BCUT2D eigenvalue weighted by atomic mass is 10.1. The third-order valence-corrected chi connectivity index (χ3v) is 5.54. The smallest absolute Gasteiger partial charge is 0.118 e. The molecule has 0 unspecified atom stereocenters. The van der Waals surface area contributed by atoms with Gasteiger partial charge in [0.05, 0.1) is 7.11 Å². The van der Waals surface area contributed by atoms with E-state index in [1.165, 1.54) is 27.4 Å². The largest absolute Gasteiger partial charge is 0.497 e. The molecule has 0 saturated heterocycles. The van der Waals surface area contributed by atoms with Gasteiger partial charge in [0, 0.05) is 34.9 Å².